The molecule has 0 aliphatic rings. The Morgan fingerprint density at radius 1 is 1.19 bits per heavy atom. The van der Waals surface area contributed by atoms with Crippen molar-refractivity contribution in [3.8, 4) is 0 Å². The highest BCUT2D eigenvalue weighted by atomic mass is 16.6. The predicted octanol–water partition coefficient (Wildman–Crippen LogP) is 2.13. The van der Waals surface area contributed by atoms with Gasteiger partial charge in [0.05, 0.1) is 33.4 Å². The predicted molar refractivity (Wildman–Crippen MR) is 67.5 cm³/mol. The van der Waals surface area contributed by atoms with Gasteiger partial charge in [0.15, 0.2) is 0 Å². The van der Waals surface area contributed by atoms with Crippen LogP contribution in [0.15, 0.2) is 35.5 Å². The molecule has 0 N–H and O–H groups in total. The minimum atomic E-state index is 0.918. The van der Waals surface area contributed by atoms with Gasteiger partial charge in [0.1, 0.15) is 7.11 Å². The first-order valence-electron chi connectivity index (χ1n) is 5.49. The summed E-state index contributed by atoms with van der Waals surface area (Å²) < 4.78 is 0.926. The van der Waals surface area contributed by atoms with Crippen LogP contribution >= 0.6 is 0 Å². The minimum absolute atomic E-state index is 0.918. The SMILES string of the molecule is CON=C(CC[N+](C)(C)C)c1ccccc1. The zero-order chi connectivity index (χ0) is 12.0. The van der Waals surface area contributed by atoms with Crippen LogP contribution in [0.2, 0.25) is 0 Å². The maximum atomic E-state index is 4.90. The van der Waals surface area contributed by atoms with Gasteiger partial charge in [-0.15, -0.1) is 0 Å². The summed E-state index contributed by atoms with van der Waals surface area (Å²) in [6.07, 6.45) is 0.918. The lowest BCUT2D eigenvalue weighted by Crippen LogP contribution is -2.36. The summed E-state index contributed by atoms with van der Waals surface area (Å²) in [4.78, 5) is 4.90. The van der Waals surface area contributed by atoms with E-state index < -0.39 is 0 Å². The molecular weight excluding hydrogens is 200 g/mol. The van der Waals surface area contributed by atoms with Crippen molar-refractivity contribution < 1.29 is 9.32 Å². The van der Waals surface area contributed by atoms with Gasteiger partial charge in [0, 0.05) is 6.42 Å². The van der Waals surface area contributed by atoms with Crippen molar-refractivity contribution >= 4 is 5.71 Å². The lowest BCUT2D eigenvalue weighted by Gasteiger charge is -2.23. The molecule has 0 bridgehead atoms. The molecule has 1 aromatic rings. The van der Waals surface area contributed by atoms with Crippen LogP contribution in [0, 0.1) is 0 Å². The average molecular weight is 221 g/mol. The molecule has 1 aromatic carbocycles. The first kappa shape index (κ1) is 12.7. The van der Waals surface area contributed by atoms with Crippen LogP contribution in [0.3, 0.4) is 0 Å². The standard InChI is InChI=1S/C13H21N2O/c1-15(2,3)11-10-13(14-16-4)12-8-6-5-7-9-12/h5-9H,10-11H2,1-4H3/q+1. The molecule has 0 saturated heterocycles. The molecule has 0 unspecified atom stereocenters. The van der Waals surface area contributed by atoms with Gasteiger partial charge >= 0.3 is 0 Å². The summed E-state index contributed by atoms with van der Waals surface area (Å²) in [5, 5.41) is 4.10. The van der Waals surface area contributed by atoms with Crippen LogP contribution in [-0.4, -0.2) is 45.0 Å². The largest absolute Gasteiger partial charge is 0.399 e. The van der Waals surface area contributed by atoms with Crippen LogP contribution in [0.25, 0.3) is 0 Å². The highest BCUT2D eigenvalue weighted by Gasteiger charge is 2.11. The van der Waals surface area contributed by atoms with Crippen LogP contribution in [0.1, 0.15) is 12.0 Å². The van der Waals surface area contributed by atoms with Gasteiger partial charge in [-0.3, -0.25) is 0 Å². The smallest absolute Gasteiger partial charge is 0.106 e. The molecule has 0 heterocycles. The molecule has 0 aliphatic heterocycles. The van der Waals surface area contributed by atoms with Gasteiger partial charge in [-0.2, -0.15) is 0 Å². The second-order valence-electron chi connectivity index (χ2n) is 4.85. The highest BCUT2D eigenvalue weighted by Crippen LogP contribution is 2.07. The Kier molecular flexibility index (Phi) is 4.50. The van der Waals surface area contributed by atoms with Crippen molar-refractivity contribution in [1.29, 1.82) is 0 Å². The van der Waals surface area contributed by atoms with Gasteiger partial charge < -0.3 is 9.32 Å². The van der Waals surface area contributed by atoms with E-state index in [4.69, 9.17) is 4.84 Å². The van der Waals surface area contributed by atoms with Gasteiger partial charge in [0.25, 0.3) is 0 Å². The molecule has 88 valence electrons. The Morgan fingerprint density at radius 3 is 2.31 bits per heavy atom. The summed E-state index contributed by atoms with van der Waals surface area (Å²) in [5.74, 6) is 0. The molecule has 1 rings (SSSR count). The lowest BCUT2D eigenvalue weighted by atomic mass is 10.1. The first-order valence-corrected chi connectivity index (χ1v) is 5.49. The normalized spacial score (nSPS) is 12.6. The number of rotatable bonds is 5. The van der Waals surface area contributed by atoms with E-state index >= 15 is 0 Å². The van der Waals surface area contributed by atoms with Crippen molar-refractivity contribution in [3.05, 3.63) is 35.9 Å². The fourth-order valence-electron chi connectivity index (χ4n) is 1.42. The van der Waals surface area contributed by atoms with Crippen LogP contribution in [-0.2, 0) is 4.84 Å². The monoisotopic (exact) mass is 221 g/mol. The molecule has 3 heteroatoms. The third-order valence-corrected chi connectivity index (χ3v) is 2.33. The van der Waals surface area contributed by atoms with Crippen LogP contribution < -0.4 is 0 Å². The molecule has 3 nitrogen and oxygen atoms in total. The van der Waals surface area contributed by atoms with Gasteiger partial charge in [-0.25, -0.2) is 0 Å². The van der Waals surface area contributed by atoms with Gasteiger partial charge in [-0.1, -0.05) is 35.5 Å². The van der Waals surface area contributed by atoms with E-state index in [2.05, 4.69) is 38.4 Å². The minimum Gasteiger partial charge on any atom is -0.399 e. The maximum Gasteiger partial charge on any atom is 0.106 e. The summed E-state index contributed by atoms with van der Waals surface area (Å²) in [6, 6.07) is 10.2. The van der Waals surface area contributed by atoms with Crippen molar-refractivity contribution in [2.75, 3.05) is 34.8 Å². The third kappa shape index (κ3) is 4.45. The van der Waals surface area contributed by atoms with E-state index in [-0.39, 0.29) is 0 Å². The number of benzene rings is 1. The van der Waals surface area contributed by atoms with Crippen LogP contribution in [0.4, 0.5) is 0 Å². The molecule has 0 aliphatic carbocycles. The molecule has 0 fully saturated rings. The highest BCUT2D eigenvalue weighted by molar-refractivity contribution is 6.00. The van der Waals surface area contributed by atoms with Crippen molar-refractivity contribution in [3.63, 3.8) is 0 Å². The number of oxime groups is 1. The van der Waals surface area contributed by atoms with E-state index in [0.717, 1.165) is 28.7 Å². The Labute approximate surface area is 97.9 Å². The number of quaternary nitrogens is 1. The molecule has 16 heavy (non-hydrogen) atoms. The second-order valence-corrected chi connectivity index (χ2v) is 4.85. The first-order chi connectivity index (χ1) is 7.53. The van der Waals surface area contributed by atoms with E-state index in [1.54, 1.807) is 7.11 Å². The fourth-order valence-corrected chi connectivity index (χ4v) is 1.42. The fraction of sp³-hybridized carbons (Fsp3) is 0.462. The molecule has 0 atom stereocenters. The maximum absolute atomic E-state index is 4.90. The van der Waals surface area contributed by atoms with Gasteiger partial charge in [-0.05, 0) is 5.56 Å². The molecular formula is C13H21N2O+. The summed E-state index contributed by atoms with van der Waals surface area (Å²) in [6.45, 7) is 1.04. The third-order valence-electron chi connectivity index (χ3n) is 2.33. The molecule has 0 amide bonds. The Bertz CT molecular complexity index is 339. The Hall–Kier alpha value is -1.35. The Morgan fingerprint density at radius 2 is 1.81 bits per heavy atom. The summed E-state index contributed by atoms with van der Waals surface area (Å²) in [7, 11) is 8.12. The zero-order valence-electron chi connectivity index (χ0n) is 10.6. The van der Waals surface area contributed by atoms with Crippen molar-refractivity contribution in [1.82, 2.24) is 0 Å². The molecule has 0 spiro atoms. The lowest BCUT2D eigenvalue weighted by molar-refractivity contribution is -0.869. The van der Waals surface area contributed by atoms with E-state index in [0.29, 0.717) is 0 Å². The van der Waals surface area contributed by atoms with E-state index in [1.165, 1.54) is 0 Å². The average Bonchev–Trinajstić information content (AvgIpc) is 2.24. The van der Waals surface area contributed by atoms with Gasteiger partial charge in [0.2, 0.25) is 0 Å². The van der Waals surface area contributed by atoms with E-state index in [9.17, 15) is 0 Å². The second kappa shape index (κ2) is 5.66. The topological polar surface area (TPSA) is 21.6 Å². The summed E-state index contributed by atoms with van der Waals surface area (Å²) >= 11 is 0. The Balaban J connectivity index is 2.74. The van der Waals surface area contributed by atoms with Crippen LogP contribution in [0.5, 0.6) is 0 Å². The number of hydrogen-bond donors (Lipinski definition) is 0. The van der Waals surface area contributed by atoms with Crippen molar-refractivity contribution in [2.45, 2.75) is 6.42 Å². The summed E-state index contributed by atoms with van der Waals surface area (Å²) in [5.41, 5.74) is 2.15. The zero-order valence-corrected chi connectivity index (χ0v) is 10.6. The number of hydrogen-bond acceptors (Lipinski definition) is 2. The molecule has 0 aromatic heterocycles. The molecule has 0 radical (unpaired) electrons. The van der Waals surface area contributed by atoms with Crippen molar-refractivity contribution in [2.24, 2.45) is 5.16 Å². The number of nitrogens with zero attached hydrogens (tertiary/aromatic N) is 2. The molecule has 0 saturated carbocycles. The van der Waals surface area contributed by atoms with E-state index in [1.807, 2.05) is 18.2 Å². The quantitative estimate of drug-likeness (QED) is 0.424.